The molecule has 0 radical (unpaired) electrons. The summed E-state index contributed by atoms with van der Waals surface area (Å²) in [7, 11) is 0. The fourth-order valence-corrected chi connectivity index (χ4v) is 4.87. The minimum Gasteiger partial charge on any atom is -0.444 e. The van der Waals surface area contributed by atoms with Gasteiger partial charge in [0.15, 0.2) is 0 Å². The van der Waals surface area contributed by atoms with Crippen molar-refractivity contribution in [2.24, 2.45) is 0 Å². The summed E-state index contributed by atoms with van der Waals surface area (Å²) in [5.74, 6) is 0.180. The van der Waals surface area contributed by atoms with Gasteiger partial charge in [0.2, 0.25) is 5.69 Å². The number of hydrogen-bond acceptors (Lipinski definition) is 3. The number of benzene rings is 3. The Hall–Kier alpha value is -3.56. The lowest BCUT2D eigenvalue weighted by Gasteiger charge is -2.29. The molecule has 0 saturated carbocycles. The molecule has 0 bridgehead atoms. The van der Waals surface area contributed by atoms with E-state index in [1.807, 2.05) is 36.4 Å². The summed E-state index contributed by atoms with van der Waals surface area (Å²) < 4.78 is 5.32. The van der Waals surface area contributed by atoms with Crippen LogP contribution in [0.1, 0.15) is 28.2 Å². The second kappa shape index (κ2) is 10.2. The van der Waals surface area contributed by atoms with Gasteiger partial charge >= 0.3 is 6.09 Å². The van der Waals surface area contributed by atoms with Crippen molar-refractivity contribution in [1.29, 1.82) is 0 Å². The van der Waals surface area contributed by atoms with Gasteiger partial charge in [-0.05, 0) is 64.1 Å². The molecule has 1 aromatic heterocycles. The van der Waals surface area contributed by atoms with E-state index in [1.165, 1.54) is 0 Å². The Labute approximate surface area is 223 Å². The molecule has 3 aromatic carbocycles. The van der Waals surface area contributed by atoms with E-state index in [0.29, 0.717) is 21.5 Å². The summed E-state index contributed by atoms with van der Waals surface area (Å²) in [6.45, 7) is 7.95. The average molecular weight is 535 g/mol. The van der Waals surface area contributed by atoms with Crippen molar-refractivity contribution in [1.82, 2.24) is 4.98 Å². The van der Waals surface area contributed by atoms with E-state index in [0.717, 1.165) is 33.4 Å². The van der Waals surface area contributed by atoms with E-state index in [2.05, 4.69) is 15.1 Å². The standard InChI is InChI=1S/C28H18Cl3N3O2/c1-32-26-25-18(14-33-27(26)34-28(35)36-15-16-6-9-19(29)10-7-16)12-22(20-4-2-3-5-21(20)25)17-8-11-23(30)24(31)13-17/h2-11,13-14,22H,12,15H2,(H,33,34,35). The Kier molecular flexibility index (Phi) is 6.84. The highest BCUT2D eigenvalue weighted by atomic mass is 35.5. The van der Waals surface area contributed by atoms with Gasteiger partial charge in [0.1, 0.15) is 12.4 Å². The Morgan fingerprint density at radius 3 is 2.58 bits per heavy atom. The first kappa shape index (κ1) is 24.1. The first-order chi connectivity index (χ1) is 17.4. The van der Waals surface area contributed by atoms with Gasteiger partial charge in [0.05, 0.1) is 16.6 Å². The quantitative estimate of drug-likeness (QED) is 0.266. The van der Waals surface area contributed by atoms with Crippen LogP contribution in [-0.2, 0) is 17.8 Å². The van der Waals surface area contributed by atoms with Crippen LogP contribution in [0.25, 0.3) is 16.0 Å². The van der Waals surface area contributed by atoms with Gasteiger partial charge in [0, 0.05) is 17.1 Å². The third-order valence-electron chi connectivity index (χ3n) is 6.12. The summed E-state index contributed by atoms with van der Waals surface area (Å²) >= 11 is 18.3. The number of aromatic nitrogens is 1. The Bertz CT molecular complexity index is 1510. The number of carbonyl (C=O) groups is 1. The summed E-state index contributed by atoms with van der Waals surface area (Å²) in [4.78, 5) is 20.7. The Morgan fingerprint density at radius 1 is 1.06 bits per heavy atom. The highest BCUT2D eigenvalue weighted by Gasteiger charge is 2.30. The van der Waals surface area contributed by atoms with E-state index in [4.69, 9.17) is 46.1 Å². The van der Waals surface area contributed by atoms with Crippen molar-refractivity contribution in [2.45, 2.75) is 18.9 Å². The molecule has 36 heavy (non-hydrogen) atoms. The number of ether oxygens (including phenoxy) is 1. The van der Waals surface area contributed by atoms with Gasteiger partial charge in [-0.25, -0.2) is 9.64 Å². The zero-order chi connectivity index (χ0) is 25.2. The number of carbonyl (C=O) groups excluding carboxylic acids is 1. The predicted octanol–water partition coefficient (Wildman–Crippen LogP) is 8.70. The molecular weight excluding hydrogens is 517 g/mol. The van der Waals surface area contributed by atoms with Crippen molar-refractivity contribution in [3.8, 4) is 11.1 Å². The molecule has 0 fully saturated rings. The molecule has 1 amide bonds. The lowest BCUT2D eigenvalue weighted by Crippen LogP contribution is -2.17. The number of hydrogen-bond donors (Lipinski definition) is 1. The molecule has 1 heterocycles. The van der Waals surface area contributed by atoms with Crippen molar-refractivity contribution in [2.75, 3.05) is 5.32 Å². The molecule has 1 aliphatic rings. The van der Waals surface area contributed by atoms with Gasteiger partial charge in [-0.15, -0.1) is 0 Å². The van der Waals surface area contributed by atoms with Crippen LogP contribution in [0, 0.1) is 6.57 Å². The van der Waals surface area contributed by atoms with Crippen molar-refractivity contribution in [3.05, 3.63) is 122 Å². The number of nitrogens with one attached hydrogen (secondary N) is 1. The number of rotatable bonds is 4. The molecule has 0 spiro atoms. The summed E-state index contributed by atoms with van der Waals surface area (Å²) in [5, 5.41) is 4.23. The lowest BCUT2D eigenvalue weighted by atomic mass is 9.76. The molecule has 1 unspecified atom stereocenters. The maximum Gasteiger partial charge on any atom is 0.412 e. The fourth-order valence-electron chi connectivity index (χ4n) is 4.44. The normalized spacial score (nSPS) is 13.8. The molecule has 8 heteroatoms. The first-order valence-corrected chi connectivity index (χ1v) is 12.2. The van der Waals surface area contributed by atoms with Gasteiger partial charge in [-0.3, -0.25) is 10.3 Å². The summed E-state index contributed by atoms with van der Waals surface area (Å²) in [5.41, 5.74) is 5.75. The molecule has 4 aromatic rings. The summed E-state index contributed by atoms with van der Waals surface area (Å²) in [6.07, 6.45) is 1.64. The predicted molar refractivity (Wildman–Crippen MR) is 143 cm³/mol. The molecule has 5 rings (SSSR count). The molecule has 5 nitrogen and oxygen atoms in total. The fraction of sp³-hybridized carbons (Fsp3) is 0.107. The van der Waals surface area contributed by atoms with Crippen LogP contribution in [0.15, 0.2) is 72.9 Å². The summed E-state index contributed by atoms with van der Waals surface area (Å²) in [6, 6.07) is 20.6. The average Bonchev–Trinajstić information content (AvgIpc) is 2.89. The smallest absolute Gasteiger partial charge is 0.412 e. The molecular formula is C28H18Cl3N3O2. The zero-order valence-electron chi connectivity index (χ0n) is 18.8. The maximum absolute atomic E-state index is 12.5. The van der Waals surface area contributed by atoms with Crippen molar-refractivity contribution >= 4 is 52.4 Å². The molecule has 0 saturated heterocycles. The minimum atomic E-state index is -0.694. The van der Waals surface area contributed by atoms with E-state index in [1.54, 1.807) is 36.5 Å². The zero-order valence-corrected chi connectivity index (χ0v) is 21.0. The Balaban J connectivity index is 1.46. The van der Waals surface area contributed by atoms with E-state index in [-0.39, 0.29) is 24.0 Å². The third kappa shape index (κ3) is 4.76. The molecule has 178 valence electrons. The van der Waals surface area contributed by atoms with Crippen LogP contribution >= 0.6 is 34.8 Å². The van der Waals surface area contributed by atoms with Crippen LogP contribution < -0.4 is 5.32 Å². The second-order valence-electron chi connectivity index (χ2n) is 8.31. The number of nitrogens with zero attached hydrogens (tertiary/aromatic N) is 2. The third-order valence-corrected chi connectivity index (χ3v) is 7.11. The van der Waals surface area contributed by atoms with Crippen LogP contribution in [0.5, 0.6) is 0 Å². The molecule has 1 aliphatic carbocycles. The van der Waals surface area contributed by atoms with Gasteiger partial charge < -0.3 is 4.74 Å². The van der Waals surface area contributed by atoms with Crippen LogP contribution in [0.4, 0.5) is 16.3 Å². The largest absolute Gasteiger partial charge is 0.444 e. The van der Waals surface area contributed by atoms with E-state index in [9.17, 15) is 4.79 Å². The topological polar surface area (TPSA) is 55.6 Å². The van der Waals surface area contributed by atoms with E-state index < -0.39 is 6.09 Å². The molecule has 0 aliphatic heterocycles. The van der Waals surface area contributed by atoms with Gasteiger partial charge in [0.25, 0.3) is 0 Å². The first-order valence-electron chi connectivity index (χ1n) is 11.1. The second-order valence-corrected chi connectivity index (χ2v) is 9.56. The van der Waals surface area contributed by atoms with Gasteiger partial charge in [-0.1, -0.05) is 77.3 Å². The SMILES string of the molecule is [C-]#[N+]c1c(NC(=O)OCc2ccc(Cl)cc2)ncc2c1-c1ccccc1C(c1ccc(Cl)c(Cl)c1)C2. The molecule has 1 atom stereocenters. The number of amides is 1. The lowest BCUT2D eigenvalue weighted by molar-refractivity contribution is 0.155. The van der Waals surface area contributed by atoms with Crippen LogP contribution in [0.2, 0.25) is 15.1 Å². The number of halogens is 3. The number of pyridine rings is 1. The number of anilines is 1. The number of fused-ring (bicyclic) bond motifs is 3. The monoisotopic (exact) mass is 533 g/mol. The highest BCUT2D eigenvalue weighted by Crippen LogP contribution is 2.48. The van der Waals surface area contributed by atoms with Crippen LogP contribution in [-0.4, -0.2) is 11.1 Å². The molecule has 1 N–H and O–H groups in total. The van der Waals surface area contributed by atoms with Crippen molar-refractivity contribution in [3.63, 3.8) is 0 Å². The maximum atomic E-state index is 12.5. The highest BCUT2D eigenvalue weighted by molar-refractivity contribution is 6.42. The van der Waals surface area contributed by atoms with Crippen LogP contribution in [0.3, 0.4) is 0 Å². The minimum absolute atomic E-state index is 0.0204. The van der Waals surface area contributed by atoms with Gasteiger partial charge in [-0.2, -0.15) is 0 Å². The Morgan fingerprint density at radius 2 is 1.83 bits per heavy atom. The van der Waals surface area contributed by atoms with E-state index >= 15 is 0 Å². The van der Waals surface area contributed by atoms with Crippen molar-refractivity contribution < 1.29 is 9.53 Å².